The number of aromatic nitrogens is 3. The van der Waals surface area contributed by atoms with Gasteiger partial charge in [-0.2, -0.15) is 0 Å². The van der Waals surface area contributed by atoms with Crippen LogP contribution < -0.4 is 9.75 Å². The van der Waals surface area contributed by atoms with Crippen molar-refractivity contribution in [1.82, 2.24) is 15.0 Å². The molecule has 0 unspecified atom stereocenters. The van der Waals surface area contributed by atoms with Gasteiger partial charge in [-0.05, 0) is 87.2 Å². The van der Waals surface area contributed by atoms with E-state index in [1.54, 1.807) is 0 Å². The highest BCUT2D eigenvalue weighted by atomic mass is 32.1. The van der Waals surface area contributed by atoms with Crippen molar-refractivity contribution in [3.8, 4) is 56.4 Å². The van der Waals surface area contributed by atoms with Crippen molar-refractivity contribution in [2.24, 2.45) is 0 Å². The summed E-state index contributed by atoms with van der Waals surface area (Å²) in [6.45, 7) is 0. The molecule has 49 heavy (non-hydrogen) atoms. The molecule has 0 amide bonds. The molecule has 232 valence electrons. The van der Waals surface area contributed by atoms with Gasteiger partial charge in [-0.15, -0.1) is 11.3 Å². The van der Waals surface area contributed by atoms with E-state index >= 15 is 0 Å². The van der Waals surface area contributed by atoms with Gasteiger partial charge >= 0.3 is 0 Å². The van der Waals surface area contributed by atoms with Gasteiger partial charge in [0.1, 0.15) is 0 Å². The lowest BCUT2D eigenvalue weighted by Crippen LogP contribution is -2.25. The van der Waals surface area contributed by atoms with Crippen LogP contribution >= 0.6 is 11.3 Å². The first-order valence-corrected chi connectivity index (χ1v) is 17.5. The number of rotatable bonds is 6. The lowest BCUT2D eigenvalue weighted by atomic mass is 9.90. The summed E-state index contributed by atoms with van der Waals surface area (Å²) < 4.78 is 2.74. The van der Waals surface area contributed by atoms with Gasteiger partial charge in [0.15, 0.2) is 17.5 Å². The van der Waals surface area contributed by atoms with Crippen LogP contribution in [0.25, 0.3) is 78.2 Å². The van der Waals surface area contributed by atoms with Gasteiger partial charge in [0.2, 0.25) is 0 Å². The van der Waals surface area contributed by atoms with Gasteiger partial charge in [-0.1, -0.05) is 133 Å². The Labute approximate surface area is 289 Å². The Hall–Kier alpha value is -5.97. The van der Waals surface area contributed by atoms with Crippen LogP contribution in [0, 0.1) is 0 Å². The molecule has 1 aliphatic rings. The van der Waals surface area contributed by atoms with Crippen molar-refractivity contribution in [1.29, 1.82) is 0 Å². The quantitative estimate of drug-likeness (QED) is 0.181. The molecule has 0 saturated heterocycles. The predicted octanol–water partition coefficient (Wildman–Crippen LogP) is 10.2. The molecular weight excluding hydrogens is 615 g/mol. The van der Waals surface area contributed by atoms with Gasteiger partial charge in [0.25, 0.3) is 0 Å². The lowest BCUT2D eigenvalue weighted by Gasteiger charge is -2.15. The molecule has 3 nitrogen and oxygen atoms in total. The van der Waals surface area contributed by atoms with Gasteiger partial charge in [0, 0.05) is 25.9 Å². The molecule has 1 aliphatic carbocycles. The SMILES string of the molecule is C1=c2c(sc3ccccc23)=C(c2cc(-c3ccccc3)cc(-c3cccc(-c4nc(-c5ccccc5)nc(-c5ccccc5)n4)c3)c2)CC1. The molecule has 0 atom stereocenters. The lowest BCUT2D eigenvalue weighted by molar-refractivity contribution is 1.07. The zero-order valence-electron chi connectivity index (χ0n) is 26.8. The second kappa shape index (κ2) is 12.6. The third kappa shape index (κ3) is 5.67. The molecule has 0 N–H and O–H groups in total. The Morgan fingerprint density at radius 1 is 0.408 bits per heavy atom. The van der Waals surface area contributed by atoms with Gasteiger partial charge < -0.3 is 0 Å². The molecular formula is C45H31N3S. The number of hydrogen-bond acceptors (Lipinski definition) is 4. The van der Waals surface area contributed by atoms with E-state index in [2.05, 4.69) is 103 Å². The second-order valence-electron chi connectivity index (χ2n) is 12.3. The van der Waals surface area contributed by atoms with Crippen molar-refractivity contribution in [2.45, 2.75) is 12.8 Å². The summed E-state index contributed by atoms with van der Waals surface area (Å²) in [5.74, 6) is 1.97. The highest BCUT2D eigenvalue weighted by Gasteiger charge is 2.16. The standard InChI is InChI=1S/C45H31N3S/c1-4-14-30(15-5-1)35-27-36(29-37(28-35)38-23-13-24-40-39-22-10-11-25-41(39)49-42(38)40)33-20-12-21-34(26-33)45-47-43(31-16-6-2-7-17-31)46-44(48-45)32-18-8-3-9-19-32/h1-12,14-22,24-29H,13,23H2. The topological polar surface area (TPSA) is 38.7 Å². The van der Waals surface area contributed by atoms with Crippen LogP contribution in [0.5, 0.6) is 0 Å². The molecule has 0 radical (unpaired) electrons. The minimum absolute atomic E-state index is 0.654. The minimum atomic E-state index is 0.654. The summed E-state index contributed by atoms with van der Waals surface area (Å²) in [7, 11) is 0. The molecule has 2 heterocycles. The van der Waals surface area contributed by atoms with Crippen LogP contribution in [0.2, 0.25) is 0 Å². The van der Waals surface area contributed by atoms with Crippen LogP contribution in [0.4, 0.5) is 0 Å². The fourth-order valence-electron chi connectivity index (χ4n) is 6.78. The van der Waals surface area contributed by atoms with E-state index in [1.807, 2.05) is 72.0 Å². The van der Waals surface area contributed by atoms with Crippen molar-refractivity contribution in [2.75, 3.05) is 0 Å². The first-order chi connectivity index (χ1) is 24.3. The van der Waals surface area contributed by atoms with Gasteiger partial charge in [0.05, 0.1) is 0 Å². The highest BCUT2D eigenvalue weighted by Crippen LogP contribution is 2.34. The molecule has 2 aromatic heterocycles. The summed E-state index contributed by atoms with van der Waals surface area (Å²) in [4.78, 5) is 14.9. The largest absolute Gasteiger partial charge is 0.208 e. The van der Waals surface area contributed by atoms with Crippen LogP contribution in [0.1, 0.15) is 18.4 Å². The van der Waals surface area contributed by atoms with Crippen LogP contribution in [0.3, 0.4) is 0 Å². The van der Waals surface area contributed by atoms with Crippen LogP contribution in [-0.4, -0.2) is 15.0 Å². The van der Waals surface area contributed by atoms with Gasteiger partial charge in [-0.3, -0.25) is 0 Å². The Kier molecular flexibility index (Phi) is 7.49. The normalized spacial score (nSPS) is 12.4. The molecule has 4 heteroatoms. The van der Waals surface area contributed by atoms with Crippen molar-refractivity contribution in [3.63, 3.8) is 0 Å². The van der Waals surface area contributed by atoms with Crippen LogP contribution in [-0.2, 0) is 0 Å². The van der Waals surface area contributed by atoms with E-state index in [-0.39, 0.29) is 0 Å². The smallest absolute Gasteiger partial charge is 0.164 e. The highest BCUT2D eigenvalue weighted by molar-refractivity contribution is 7.17. The Morgan fingerprint density at radius 2 is 0.898 bits per heavy atom. The molecule has 6 aromatic carbocycles. The average Bonchev–Trinajstić information content (AvgIpc) is 3.58. The number of benzene rings is 6. The third-order valence-corrected chi connectivity index (χ3v) is 10.4. The van der Waals surface area contributed by atoms with Crippen LogP contribution in [0.15, 0.2) is 158 Å². The van der Waals surface area contributed by atoms with Gasteiger partial charge in [-0.25, -0.2) is 15.0 Å². The van der Waals surface area contributed by atoms with E-state index in [1.165, 1.54) is 47.7 Å². The second-order valence-corrected chi connectivity index (χ2v) is 13.4. The maximum atomic E-state index is 5.01. The summed E-state index contributed by atoms with van der Waals surface area (Å²) in [6.07, 6.45) is 4.48. The first-order valence-electron chi connectivity index (χ1n) is 16.7. The van der Waals surface area contributed by atoms with Crippen molar-refractivity contribution >= 4 is 33.1 Å². The summed E-state index contributed by atoms with van der Waals surface area (Å²) >= 11 is 1.91. The number of hydrogen-bond donors (Lipinski definition) is 0. The predicted molar refractivity (Wildman–Crippen MR) is 204 cm³/mol. The molecule has 0 saturated carbocycles. The van der Waals surface area contributed by atoms with E-state index in [9.17, 15) is 0 Å². The fraction of sp³-hybridized carbons (Fsp3) is 0.0444. The monoisotopic (exact) mass is 645 g/mol. The summed E-state index contributed by atoms with van der Waals surface area (Å²) in [5.41, 5.74) is 10.3. The van der Waals surface area contributed by atoms with E-state index in [0.717, 1.165) is 35.1 Å². The average molecular weight is 646 g/mol. The number of thiophene rings is 1. The van der Waals surface area contributed by atoms with Crippen molar-refractivity contribution in [3.05, 3.63) is 173 Å². The summed E-state index contributed by atoms with van der Waals surface area (Å²) in [5, 5.41) is 2.74. The molecule has 9 rings (SSSR count). The van der Waals surface area contributed by atoms with Crippen molar-refractivity contribution < 1.29 is 0 Å². The molecule has 0 aliphatic heterocycles. The first kappa shape index (κ1) is 29.2. The van der Waals surface area contributed by atoms with E-state index in [4.69, 9.17) is 15.0 Å². The molecule has 0 fully saturated rings. The maximum absolute atomic E-state index is 5.01. The minimum Gasteiger partial charge on any atom is -0.208 e. The molecule has 0 spiro atoms. The summed E-state index contributed by atoms with van der Waals surface area (Å²) in [6, 6.07) is 55.5. The van der Waals surface area contributed by atoms with E-state index < -0.39 is 0 Å². The van der Waals surface area contributed by atoms with E-state index in [0.29, 0.717) is 17.5 Å². The molecule has 8 aromatic rings. The Morgan fingerprint density at radius 3 is 1.57 bits per heavy atom. The maximum Gasteiger partial charge on any atom is 0.164 e. The Balaban J connectivity index is 1.22. The number of fused-ring (bicyclic) bond motifs is 3. The number of nitrogens with zero attached hydrogens (tertiary/aromatic N) is 3. The third-order valence-electron chi connectivity index (χ3n) is 9.19. The zero-order chi connectivity index (χ0) is 32.6. The zero-order valence-corrected chi connectivity index (χ0v) is 27.6. The molecule has 0 bridgehead atoms. The fourth-order valence-corrected chi connectivity index (χ4v) is 8.08. The Bertz CT molecular complexity index is 2530.